The summed E-state index contributed by atoms with van der Waals surface area (Å²) >= 11 is 1.44. The third-order valence-electron chi connectivity index (χ3n) is 6.62. The van der Waals surface area contributed by atoms with Crippen molar-refractivity contribution >= 4 is 26.5 Å². The summed E-state index contributed by atoms with van der Waals surface area (Å²) in [6.07, 6.45) is 2.01. The Kier molecular flexibility index (Phi) is 5.52. The minimum atomic E-state index is -3.57. The summed E-state index contributed by atoms with van der Waals surface area (Å²) in [4.78, 5) is 4.84. The standard InChI is InChI=1S/C21H25F2N3O3S2/c22-21(23)17-5-4-14(10-18(17)21)12-24-20-25-19(13-30-20)15-2-1-3-16(11-15)31(27,28)26-6-8-29-9-7-26/h1-3,11,13-14,17-18H,4-10,12H2,(H,24,25). The van der Waals surface area contributed by atoms with Gasteiger partial charge in [-0.2, -0.15) is 4.31 Å². The Hall–Kier alpha value is -1.62. The van der Waals surface area contributed by atoms with E-state index in [1.807, 2.05) is 11.4 Å². The number of nitrogens with one attached hydrogen (secondary N) is 1. The number of hydrogen-bond acceptors (Lipinski definition) is 6. The average molecular weight is 470 g/mol. The lowest BCUT2D eigenvalue weighted by molar-refractivity contribution is 0.0730. The topological polar surface area (TPSA) is 71.5 Å². The van der Waals surface area contributed by atoms with Gasteiger partial charge in [-0.25, -0.2) is 22.2 Å². The number of halogens is 2. The van der Waals surface area contributed by atoms with E-state index in [-0.39, 0.29) is 10.8 Å². The van der Waals surface area contributed by atoms with Crippen LogP contribution in [0.4, 0.5) is 13.9 Å². The van der Waals surface area contributed by atoms with Crippen LogP contribution in [-0.4, -0.2) is 56.5 Å². The highest BCUT2D eigenvalue weighted by molar-refractivity contribution is 7.89. The quantitative estimate of drug-likeness (QED) is 0.694. The number of fused-ring (bicyclic) bond motifs is 1. The molecule has 6 nitrogen and oxygen atoms in total. The molecule has 1 saturated heterocycles. The summed E-state index contributed by atoms with van der Waals surface area (Å²) in [7, 11) is -3.57. The van der Waals surface area contributed by atoms with Crippen LogP contribution in [0.2, 0.25) is 0 Å². The number of thiazole rings is 1. The molecule has 0 spiro atoms. The Morgan fingerprint density at radius 2 is 2.03 bits per heavy atom. The van der Waals surface area contributed by atoms with Crippen LogP contribution in [0.3, 0.4) is 0 Å². The van der Waals surface area contributed by atoms with Crippen molar-refractivity contribution in [1.29, 1.82) is 0 Å². The second-order valence-electron chi connectivity index (χ2n) is 8.53. The largest absolute Gasteiger partial charge is 0.379 e. The number of alkyl halides is 2. The van der Waals surface area contributed by atoms with Gasteiger partial charge in [0.15, 0.2) is 5.13 Å². The number of benzene rings is 1. The van der Waals surface area contributed by atoms with Crippen molar-refractivity contribution in [3.8, 4) is 11.3 Å². The van der Waals surface area contributed by atoms with Gasteiger partial charge in [-0.1, -0.05) is 12.1 Å². The van der Waals surface area contributed by atoms with E-state index in [0.717, 1.165) is 17.1 Å². The SMILES string of the molecule is O=S(=O)(c1cccc(-c2csc(NCC3CCC4C(C3)C4(F)F)n2)c1)N1CCOCC1. The average Bonchev–Trinajstić information content (AvgIpc) is 3.12. The lowest BCUT2D eigenvalue weighted by Gasteiger charge is -2.26. The maximum absolute atomic E-state index is 13.6. The van der Waals surface area contributed by atoms with Crippen LogP contribution in [0.15, 0.2) is 34.5 Å². The predicted octanol–water partition coefficient (Wildman–Crippen LogP) is 3.92. The van der Waals surface area contributed by atoms with Crippen LogP contribution in [0, 0.1) is 17.8 Å². The van der Waals surface area contributed by atoms with Gasteiger partial charge in [0.2, 0.25) is 10.0 Å². The fraction of sp³-hybridized carbons (Fsp3) is 0.571. The molecule has 3 aliphatic rings. The molecule has 31 heavy (non-hydrogen) atoms. The number of hydrogen-bond donors (Lipinski definition) is 1. The molecule has 1 aromatic heterocycles. The molecule has 3 unspecified atom stereocenters. The van der Waals surface area contributed by atoms with E-state index in [9.17, 15) is 17.2 Å². The first-order valence-electron chi connectivity index (χ1n) is 10.6. The molecule has 0 radical (unpaired) electrons. The Bertz CT molecular complexity index is 1050. The van der Waals surface area contributed by atoms with Crippen molar-refractivity contribution in [2.24, 2.45) is 17.8 Å². The van der Waals surface area contributed by atoms with Gasteiger partial charge >= 0.3 is 0 Å². The Morgan fingerprint density at radius 1 is 1.23 bits per heavy atom. The molecular formula is C21H25F2N3O3S2. The van der Waals surface area contributed by atoms with Gasteiger partial charge in [-0.15, -0.1) is 11.3 Å². The summed E-state index contributed by atoms with van der Waals surface area (Å²) in [5.74, 6) is -3.04. The van der Waals surface area contributed by atoms with E-state index in [2.05, 4.69) is 10.3 Å². The molecule has 3 fully saturated rings. The number of nitrogens with zero attached hydrogens (tertiary/aromatic N) is 2. The van der Waals surface area contributed by atoms with Gasteiger partial charge in [0.05, 0.1) is 23.8 Å². The highest BCUT2D eigenvalue weighted by Crippen LogP contribution is 2.63. The van der Waals surface area contributed by atoms with Crippen LogP contribution in [0.25, 0.3) is 11.3 Å². The molecule has 10 heteroatoms. The minimum absolute atomic E-state index is 0.240. The number of sulfonamides is 1. The third kappa shape index (κ3) is 4.10. The smallest absolute Gasteiger partial charge is 0.254 e. The summed E-state index contributed by atoms with van der Waals surface area (Å²) in [5.41, 5.74) is 1.43. The van der Waals surface area contributed by atoms with Gasteiger partial charge in [-0.05, 0) is 37.3 Å². The van der Waals surface area contributed by atoms with Crippen molar-refractivity contribution in [2.75, 3.05) is 38.2 Å². The highest BCUT2D eigenvalue weighted by Gasteiger charge is 2.68. The van der Waals surface area contributed by atoms with E-state index in [1.165, 1.54) is 15.6 Å². The molecule has 2 heterocycles. The fourth-order valence-corrected chi connectivity index (χ4v) is 6.91. The molecule has 1 aromatic carbocycles. The Morgan fingerprint density at radius 3 is 2.81 bits per heavy atom. The molecule has 2 aromatic rings. The molecular weight excluding hydrogens is 444 g/mol. The number of anilines is 1. The summed E-state index contributed by atoms with van der Waals surface area (Å²) in [6, 6.07) is 6.82. The maximum atomic E-state index is 13.6. The number of ether oxygens (including phenoxy) is 1. The van der Waals surface area contributed by atoms with E-state index in [0.29, 0.717) is 51.4 Å². The summed E-state index contributed by atoms with van der Waals surface area (Å²) in [6.45, 7) is 2.15. The number of aromatic nitrogens is 1. The van der Waals surface area contributed by atoms with E-state index >= 15 is 0 Å². The van der Waals surface area contributed by atoms with Gasteiger partial charge in [0.1, 0.15) is 0 Å². The normalized spacial score (nSPS) is 28.1. The second-order valence-corrected chi connectivity index (χ2v) is 11.3. The minimum Gasteiger partial charge on any atom is -0.379 e. The highest BCUT2D eigenvalue weighted by atomic mass is 32.2. The van der Waals surface area contributed by atoms with E-state index in [1.54, 1.807) is 18.2 Å². The first kappa shape index (κ1) is 21.2. The van der Waals surface area contributed by atoms with Gasteiger partial charge in [0.25, 0.3) is 5.92 Å². The first-order valence-corrected chi connectivity index (χ1v) is 12.9. The summed E-state index contributed by atoms with van der Waals surface area (Å²) < 4.78 is 59.7. The first-order chi connectivity index (χ1) is 14.9. The lowest BCUT2D eigenvalue weighted by Crippen LogP contribution is -2.40. The Labute approximate surface area is 184 Å². The maximum Gasteiger partial charge on any atom is 0.254 e. The van der Waals surface area contributed by atoms with Crippen LogP contribution in [0.5, 0.6) is 0 Å². The molecule has 0 bridgehead atoms. The number of rotatable bonds is 6. The monoisotopic (exact) mass is 469 g/mol. The predicted molar refractivity (Wildman–Crippen MR) is 115 cm³/mol. The van der Waals surface area contributed by atoms with E-state index < -0.39 is 27.8 Å². The lowest BCUT2D eigenvalue weighted by atomic mass is 9.89. The zero-order valence-electron chi connectivity index (χ0n) is 17.0. The van der Waals surface area contributed by atoms with Crippen molar-refractivity contribution in [3.63, 3.8) is 0 Å². The molecule has 168 valence electrons. The Balaban J connectivity index is 1.24. The zero-order valence-corrected chi connectivity index (χ0v) is 18.6. The molecule has 1 aliphatic heterocycles. The van der Waals surface area contributed by atoms with Crippen molar-refractivity contribution in [1.82, 2.24) is 9.29 Å². The van der Waals surface area contributed by atoms with Crippen LogP contribution >= 0.6 is 11.3 Å². The molecule has 1 N–H and O–H groups in total. The molecule has 2 saturated carbocycles. The zero-order chi connectivity index (χ0) is 21.6. The van der Waals surface area contributed by atoms with Crippen molar-refractivity contribution < 1.29 is 21.9 Å². The van der Waals surface area contributed by atoms with Gasteiger partial charge in [-0.3, -0.25) is 0 Å². The van der Waals surface area contributed by atoms with Crippen LogP contribution < -0.4 is 5.32 Å². The van der Waals surface area contributed by atoms with Crippen LogP contribution in [0.1, 0.15) is 19.3 Å². The van der Waals surface area contributed by atoms with Gasteiger partial charge in [0, 0.05) is 42.4 Å². The van der Waals surface area contributed by atoms with E-state index in [4.69, 9.17) is 4.74 Å². The van der Waals surface area contributed by atoms with Crippen LogP contribution in [-0.2, 0) is 14.8 Å². The molecule has 3 atom stereocenters. The summed E-state index contributed by atoms with van der Waals surface area (Å²) in [5, 5.41) is 5.90. The molecule has 2 aliphatic carbocycles. The molecule has 5 rings (SSSR count). The second kappa shape index (κ2) is 8.06. The number of morpholine rings is 1. The van der Waals surface area contributed by atoms with Crippen molar-refractivity contribution in [3.05, 3.63) is 29.6 Å². The third-order valence-corrected chi connectivity index (χ3v) is 9.32. The van der Waals surface area contributed by atoms with Crippen molar-refractivity contribution in [2.45, 2.75) is 30.1 Å². The fourth-order valence-electron chi connectivity index (χ4n) is 4.72. The molecule has 0 amide bonds. The van der Waals surface area contributed by atoms with Gasteiger partial charge < -0.3 is 10.1 Å².